The second-order valence-corrected chi connectivity index (χ2v) is 5.16. The molecule has 0 heterocycles. The summed E-state index contributed by atoms with van der Waals surface area (Å²) in [6, 6.07) is 0.0705. The van der Waals surface area contributed by atoms with Gasteiger partial charge in [0.1, 0.15) is 0 Å². The molecule has 3 nitrogen and oxygen atoms in total. The van der Waals surface area contributed by atoms with E-state index in [4.69, 9.17) is 5.11 Å². The van der Waals surface area contributed by atoms with Crippen LogP contribution in [0.1, 0.15) is 52.4 Å². The second kappa shape index (κ2) is 6.89. The van der Waals surface area contributed by atoms with E-state index in [9.17, 15) is 4.79 Å². The van der Waals surface area contributed by atoms with Crippen molar-refractivity contribution >= 4 is 5.97 Å². The summed E-state index contributed by atoms with van der Waals surface area (Å²) < 4.78 is 0. The van der Waals surface area contributed by atoms with Gasteiger partial charge >= 0.3 is 5.97 Å². The van der Waals surface area contributed by atoms with E-state index in [1.54, 1.807) is 6.92 Å². The summed E-state index contributed by atoms with van der Waals surface area (Å²) in [6.07, 6.45) is 8.10. The lowest BCUT2D eigenvalue weighted by atomic mass is 9.87. The molecule has 0 aromatic carbocycles. The molecule has 16 heavy (non-hydrogen) atoms. The topological polar surface area (TPSA) is 49.3 Å². The molecule has 2 N–H and O–H groups in total. The molecule has 0 saturated heterocycles. The first-order chi connectivity index (χ1) is 7.61. The molecule has 0 aromatic rings. The maximum Gasteiger partial charge on any atom is 0.307 e. The van der Waals surface area contributed by atoms with Crippen molar-refractivity contribution < 1.29 is 9.90 Å². The van der Waals surface area contributed by atoms with E-state index >= 15 is 0 Å². The molecule has 0 aliphatic heterocycles. The SMILES string of the molecule is CC(NCCC1CCCCC1)C(C)C(=O)O. The number of nitrogens with one attached hydrogen (secondary N) is 1. The third-order valence-electron chi connectivity index (χ3n) is 3.88. The number of carbonyl (C=O) groups is 1. The largest absolute Gasteiger partial charge is 0.481 e. The normalized spacial score (nSPS) is 21.6. The molecule has 2 unspecified atom stereocenters. The summed E-state index contributed by atoms with van der Waals surface area (Å²) in [5.74, 6) is -0.141. The Bertz CT molecular complexity index is 212. The van der Waals surface area contributed by atoms with Crippen LogP contribution in [-0.4, -0.2) is 23.7 Å². The Balaban J connectivity index is 2.11. The van der Waals surface area contributed by atoms with Crippen LogP contribution in [0.3, 0.4) is 0 Å². The zero-order valence-electron chi connectivity index (χ0n) is 10.5. The summed E-state index contributed by atoms with van der Waals surface area (Å²) in [4.78, 5) is 10.8. The van der Waals surface area contributed by atoms with Crippen LogP contribution in [0.2, 0.25) is 0 Å². The van der Waals surface area contributed by atoms with Crippen LogP contribution in [0, 0.1) is 11.8 Å². The van der Waals surface area contributed by atoms with Crippen molar-refractivity contribution in [1.29, 1.82) is 0 Å². The molecule has 2 atom stereocenters. The zero-order chi connectivity index (χ0) is 12.0. The number of aliphatic carboxylic acids is 1. The molecule has 0 aromatic heterocycles. The number of hydrogen-bond donors (Lipinski definition) is 2. The van der Waals surface area contributed by atoms with Gasteiger partial charge in [0, 0.05) is 6.04 Å². The van der Waals surface area contributed by atoms with Gasteiger partial charge in [-0.25, -0.2) is 0 Å². The molecular weight excluding hydrogens is 202 g/mol. The van der Waals surface area contributed by atoms with Gasteiger partial charge in [-0.2, -0.15) is 0 Å². The van der Waals surface area contributed by atoms with E-state index in [2.05, 4.69) is 5.32 Å². The summed E-state index contributed by atoms with van der Waals surface area (Å²) in [5.41, 5.74) is 0. The van der Waals surface area contributed by atoms with E-state index in [-0.39, 0.29) is 12.0 Å². The van der Waals surface area contributed by atoms with Gasteiger partial charge in [0.15, 0.2) is 0 Å². The Morgan fingerprint density at radius 3 is 2.50 bits per heavy atom. The van der Waals surface area contributed by atoms with Crippen LogP contribution < -0.4 is 5.32 Å². The fourth-order valence-corrected chi connectivity index (χ4v) is 2.38. The Morgan fingerprint density at radius 1 is 1.31 bits per heavy atom. The standard InChI is InChI=1S/C13H25NO2/c1-10(13(15)16)11(2)14-9-8-12-6-4-3-5-7-12/h10-12,14H,3-9H2,1-2H3,(H,15,16). The average molecular weight is 227 g/mol. The highest BCUT2D eigenvalue weighted by Gasteiger charge is 2.19. The molecular formula is C13H25NO2. The molecule has 0 spiro atoms. The monoisotopic (exact) mass is 227 g/mol. The fourth-order valence-electron chi connectivity index (χ4n) is 2.38. The first kappa shape index (κ1) is 13.5. The molecule has 1 aliphatic carbocycles. The Morgan fingerprint density at radius 2 is 1.94 bits per heavy atom. The van der Waals surface area contributed by atoms with Crippen molar-refractivity contribution in [3.63, 3.8) is 0 Å². The van der Waals surface area contributed by atoms with Gasteiger partial charge in [0.2, 0.25) is 0 Å². The first-order valence-electron chi connectivity index (χ1n) is 6.57. The highest BCUT2D eigenvalue weighted by Crippen LogP contribution is 2.25. The van der Waals surface area contributed by atoms with Gasteiger partial charge in [0.25, 0.3) is 0 Å². The zero-order valence-corrected chi connectivity index (χ0v) is 10.5. The lowest BCUT2D eigenvalue weighted by Crippen LogP contribution is -2.37. The van der Waals surface area contributed by atoms with Crippen molar-refractivity contribution in [3.8, 4) is 0 Å². The van der Waals surface area contributed by atoms with Crippen LogP contribution in [0.5, 0.6) is 0 Å². The molecule has 0 amide bonds. The van der Waals surface area contributed by atoms with Crippen molar-refractivity contribution in [1.82, 2.24) is 5.32 Å². The smallest absolute Gasteiger partial charge is 0.307 e. The molecule has 1 rings (SSSR count). The van der Waals surface area contributed by atoms with Gasteiger partial charge in [-0.3, -0.25) is 4.79 Å². The lowest BCUT2D eigenvalue weighted by Gasteiger charge is -2.23. The maximum atomic E-state index is 10.8. The molecule has 94 valence electrons. The predicted octanol–water partition coefficient (Wildman–Crippen LogP) is 2.66. The number of hydrogen-bond acceptors (Lipinski definition) is 2. The molecule has 1 fully saturated rings. The number of rotatable bonds is 6. The van der Waals surface area contributed by atoms with Crippen LogP contribution in [-0.2, 0) is 4.79 Å². The molecule has 1 aliphatic rings. The third-order valence-corrected chi connectivity index (χ3v) is 3.88. The van der Waals surface area contributed by atoms with Gasteiger partial charge in [0.05, 0.1) is 5.92 Å². The summed E-state index contributed by atoms with van der Waals surface area (Å²) in [5, 5.41) is 12.2. The first-order valence-corrected chi connectivity index (χ1v) is 6.57. The van der Waals surface area contributed by atoms with Crippen LogP contribution >= 0.6 is 0 Å². The van der Waals surface area contributed by atoms with E-state index in [0.29, 0.717) is 0 Å². The van der Waals surface area contributed by atoms with E-state index in [1.807, 2.05) is 6.92 Å². The average Bonchev–Trinajstić information content (AvgIpc) is 2.29. The van der Waals surface area contributed by atoms with Gasteiger partial charge in [-0.05, 0) is 25.8 Å². The van der Waals surface area contributed by atoms with Crippen molar-refractivity contribution in [2.45, 2.75) is 58.4 Å². The Hall–Kier alpha value is -0.570. The Kier molecular flexibility index (Phi) is 5.81. The maximum absolute atomic E-state index is 10.8. The quantitative estimate of drug-likeness (QED) is 0.733. The van der Waals surface area contributed by atoms with Crippen molar-refractivity contribution in [2.75, 3.05) is 6.54 Å². The number of carboxylic acids is 1. The van der Waals surface area contributed by atoms with Crippen LogP contribution in [0.4, 0.5) is 0 Å². The van der Waals surface area contributed by atoms with Crippen molar-refractivity contribution in [2.24, 2.45) is 11.8 Å². The van der Waals surface area contributed by atoms with E-state index in [1.165, 1.54) is 38.5 Å². The summed E-state index contributed by atoms with van der Waals surface area (Å²) in [7, 11) is 0. The van der Waals surface area contributed by atoms with Crippen LogP contribution in [0.25, 0.3) is 0 Å². The lowest BCUT2D eigenvalue weighted by molar-refractivity contribution is -0.141. The van der Waals surface area contributed by atoms with Gasteiger partial charge in [-0.15, -0.1) is 0 Å². The molecule has 1 saturated carbocycles. The number of carboxylic acid groups (broad SMARTS) is 1. The third kappa shape index (κ3) is 4.52. The van der Waals surface area contributed by atoms with E-state index in [0.717, 1.165) is 12.5 Å². The summed E-state index contributed by atoms with van der Waals surface area (Å²) >= 11 is 0. The fraction of sp³-hybridized carbons (Fsp3) is 0.923. The molecule has 0 radical (unpaired) electrons. The van der Waals surface area contributed by atoms with Gasteiger partial charge < -0.3 is 10.4 Å². The van der Waals surface area contributed by atoms with Crippen LogP contribution in [0.15, 0.2) is 0 Å². The van der Waals surface area contributed by atoms with Crippen molar-refractivity contribution in [3.05, 3.63) is 0 Å². The second-order valence-electron chi connectivity index (χ2n) is 5.16. The Labute approximate surface area is 98.6 Å². The highest BCUT2D eigenvalue weighted by molar-refractivity contribution is 5.70. The highest BCUT2D eigenvalue weighted by atomic mass is 16.4. The molecule has 0 bridgehead atoms. The minimum Gasteiger partial charge on any atom is -0.481 e. The predicted molar refractivity (Wildman–Crippen MR) is 65.5 cm³/mol. The molecule has 3 heteroatoms. The minimum absolute atomic E-state index is 0.0705. The minimum atomic E-state index is -0.710. The van der Waals surface area contributed by atoms with Gasteiger partial charge in [-0.1, -0.05) is 39.0 Å². The van der Waals surface area contributed by atoms with E-state index < -0.39 is 5.97 Å². The summed E-state index contributed by atoms with van der Waals surface area (Å²) in [6.45, 7) is 4.68.